The van der Waals surface area contributed by atoms with Gasteiger partial charge in [0.2, 0.25) is 0 Å². The van der Waals surface area contributed by atoms with Crippen molar-refractivity contribution in [3.05, 3.63) is 35.1 Å². The lowest BCUT2D eigenvalue weighted by atomic mass is 10.0. The Kier molecular flexibility index (Phi) is 6.15. The van der Waals surface area contributed by atoms with Crippen molar-refractivity contribution in [2.45, 2.75) is 38.9 Å². The van der Waals surface area contributed by atoms with Gasteiger partial charge in [-0.1, -0.05) is 19.1 Å². The van der Waals surface area contributed by atoms with Crippen LogP contribution in [0.3, 0.4) is 0 Å². The van der Waals surface area contributed by atoms with E-state index < -0.39 is 0 Å². The number of hydrogen-bond acceptors (Lipinski definition) is 3. The fourth-order valence-electron chi connectivity index (χ4n) is 2.97. The maximum absolute atomic E-state index is 14.0. The Morgan fingerprint density at radius 2 is 2.19 bits per heavy atom. The van der Waals surface area contributed by atoms with Gasteiger partial charge in [-0.05, 0) is 51.7 Å². The molecule has 4 heteroatoms. The molecule has 0 spiro atoms. The van der Waals surface area contributed by atoms with Crippen LogP contribution in [0.2, 0.25) is 0 Å². The summed E-state index contributed by atoms with van der Waals surface area (Å²) in [5.74, 6) is -0.0813. The molecular formula is C17H28FN3. The van der Waals surface area contributed by atoms with Crippen LogP contribution in [0.4, 0.5) is 4.39 Å². The molecule has 0 aromatic heterocycles. The lowest BCUT2D eigenvalue weighted by Crippen LogP contribution is -2.44. The van der Waals surface area contributed by atoms with E-state index in [9.17, 15) is 4.39 Å². The third kappa shape index (κ3) is 4.77. The molecule has 1 atom stereocenters. The molecule has 21 heavy (non-hydrogen) atoms. The van der Waals surface area contributed by atoms with Crippen LogP contribution in [0.5, 0.6) is 0 Å². The lowest BCUT2D eigenvalue weighted by molar-refractivity contribution is 0.127. The fourth-order valence-corrected chi connectivity index (χ4v) is 2.97. The molecule has 1 aliphatic heterocycles. The minimum atomic E-state index is -0.0813. The number of benzene rings is 1. The predicted molar refractivity (Wildman–Crippen MR) is 85.8 cm³/mol. The number of nitrogens with one attached hydrogen (secondary N) is 1. The molecule has 1 N–H and O–H groups in total. The quantitative estimate of drug-likeness (QED) is 0.869. The Labute approximate surface area is 128 Å². The van der Waals surface area contributed by atoms with Crippen LogP contribution < -0.4 is 5.32 Å². The molecule has 1 aromatic rings. The van der Waals surface area contributed by atoms with Gasteiger partial charge in [0.25, 0.3) is 0 Å². The van der Waals surface area contributed by atoms with Crippen LogP contribution in [-0.2, 0) is 13.1 Å². The van der Waals surface area contributed by atoms with Gasteiger partial charge in [0, 0.05) is 31.2 Å². The topological polar surface area (TPSA) is 18.5 Å². The van der Waals surface area contributed by atoms with E-state index in [-0.39, 0.29) is 5.82 Å². The normalized spacial score (nSPS) is 20.1. The lowest BCUT2D eigenvalue weighted by Gasteiger charge is -2.36. The minimum absolute atomic E-state index is 0.0813. The number of likely N-dealkylation sites (tertiary alicyclic amines) is 1. The highest BCUT2D eigenvalue weighted by atomic mass is 19.1. The number of halogens is 1. The Bertz CT molecular complexity index is 448. The van der Waals surface area contributed by atoms with Gasteiger partial charge in [-0.2, -0.15) is 0 Å². The number of piperidine rings is 1. The molecule has 3 nitrogen and oxygen atoms in total. The Morgan fingerprint density at radius 3 is 2.90 bits per heavy atom. The summed E-state index contributed by atoms with van der Waals surface area (Å²) in [5.41, 5.74) is 1.99. The summed E-state index contributed by atoms with van der Waals surface area (Å²) in [6.45, 7) is 6.65. The van der Waals surface area contributed by atoms with E-state index in [0.29, 0.717) is 6.04 Å². The van der Waals surface area contributed by atoms with Crippen molar-refractivity contribution in [2.24, 2.45) is 0 Å². The van der Waals surface area contributed by atoms with Crippen molar-refractivity contribution in [3.63, 3.8) is 0 Å². The summed E-state index contributed by atoms with van der Waals surface area (Å²) in [6.07, 6.45) is 2.44. The summed E-state index contributed by atoms with van der Waals surface area (Å²) >= 11 is 0. The van der Waals surface area contributed by atoms with E-state index in [0.717, 1.165) is 43.9 Å². The third-order valence-corrected chi connectivity index (χ3v) is 4.29. The first kappa shape index (κ1) is 16.4. The molecule has 1 aromatic carbocycles. The van der Waals surface area contributed by atoms with Crippen LogP contribution in [0.25, 0.3) is 0 Å². The van der Waals surface area contributed by atoms with Gasteiger partial charge in [0.1, 0.15) is 5.82 Å². The Morgan fingerprint density at radius 1 is 1.38 bits per heavy atom. The summed E-state index contributed by atoms with van der Waals surface area (Å²) in [6, 6.07) is 6.08. The highest BCUT2D eigenvalue weighted by Gasteiger charge is 2.22. The summed E-state index contributed by atoms with van der Waals surface area (Å²) < 4.78 is 14.0. The van der Waals surface area contributed by atoms with Crippen molar-refractivity contribution in [3.8, 4) is 0 Å². The van der Waals surface area contributed by atoms with E-state index in [2.05, 4.69) is 36.1 Å². The molecule has 0 bridgehead atoms. The molecular weight excluding hydrogens is 265 g/mol. The first-order valence-corrected chi connectivity index (χ1v) is 7.97. The zero-order valence-corrected chi connectivity index (χ0v) is 13.5. The van der Waals surface area contributed by atoms with Gasteiger partial charge in [0.15, 0.2) is 0 Å². The van der Waals surface area contributed by atoms with Crippen molar-refractivity contribution in [2.75, 3.05) is 33.7 Å². The molecule has 118 valence electrons. The van der Waals surface area contributed by atoms with Gasteiger partial charge in [-0.15, -0.1) is 0 Å². The summed E-state index contributed by atoms with van der Waals surface area (Å²) in [4.78, 5) is 4.66. The SMILES string of the molecule is CCNCc1ccc(F)c(CN2CCCC(N(C)C)C2)c1. The maximum Gasteiger partial charge on any atom is 0.127 e. The van der Waals surface area contributed by atoms with E-state index in [1.807, 2.05) is 12.1 Å². The van der Waals surface area contributed by atoms with Crippen LogP contribution in [-0.4, -0.2) is 49.6 Å². The highest BCUT2D eigenvalue weighted by molar-refractivity contribution is 5.25. The molecule has 1 saturated heterocycles. The zero-order chi connectivity index (χ0) is 15.2. The molecule has 0 radical (unpaired) electrons. The standard InChI is InChI=1S/C17H28FN3/c1-4-19-11-14-7-8-17(18)15(10-14)12-21-9-5-6-16(13-21)20(2)3/h7-8,10,16,19H,4-6,9,11-13H2,1-3H3. The average molecular weight is 293 g/mol. The second kappa shape index (κ2) is 7.87. The summed E-state index contributed by atoms with van der Waals surface area (Å²) in [7, 11) is 4.26. The predicted octanol–water partition coefficient (Wildman–Crippen LogP) is 2.46. The Hall–Kier alpha value is -0.970. The largest absolute Gasteiger partial charge is 0.313 e. The second-order valence-electron chi connectivity index (χ2n) is 6.20. The van der Waals surface area contributed by atoms with E-state index >= 15 is 0 Å². The van der Waals surface area contributed by atoms with Crippen LogP contribution >= 0.6 is 0 Å². The third-order valence-electron chi connectivity index (χ3n) is 4.29. The number of nitrogens with zero attached hydrogens (tertiary/aromatic N) is 2. The average Bonchev–Trinajstić information content (AvgIpc) is 2.48. The van der Waals surface area contributed by atoms with Crippen molar-refractivity contribution in [1.82, 2.24) is 15.1 Å². The van der Waals surface area contributed by atoms with Crippen molar-refractivity contribution >= 4 is 0 Å². The minimum Gasteiger partial charge on any atom is -0.313 e. The van der Waals surface area contributed by atoms with E-state index in [1.54, 1.807) is 6.07 Å². The second-order valence-corrected chi connectivity index (χ2v) is 6.20. The van der Waals surface area contributed by atoms with Crippen LogP contribution in [0, 0.1) is 5.82 Å². The number of likely N-dealkylation sites (N-methyl/N-ethyl adjacent to an activating group) is 1. The first-order valence-electron chi connectivity index (χ1n) is 7.97. The van der Waals surface area contributed by atoms with Gasteiger partial charge in [-0.25, -0.2) is 4.39 Å². The van der Waals surface area contributed by atoms with Gasteiger partial charge >= 0.3 is 0 Å². The molecule has 1 aliphatic rings. The first-order chi connectivity index (χ1) is 10.1. The fraction of sp³-hybridized carbons (Fsp3) is 0.647. The van der Waals surface area contributed by atoms with Gasteiger partial charge in [-0.3, -0.25) is 4.90 Å². The molecule has 0 amide bonds. The van der Waals surface area contributed by atoms with Crippen LogP contribution in [0.1, 0.15) is 30.9 Å². The van der Waals surface area contributed by atoms with Crippen molar-refractivity contribution < 1.29 is 4.39 Å². The van der Waals surface area contributed by atoms with Crippen LogP contribution in [0.15, 0.2) is 18.2 Å². The highest BCUT2D eigenvalue weighted by Crippen LogP contribution is 2.19. The van der Waals surface area contributed by atoms with Gasteiger partial charge in [0.05, 0.1) is 0 Å². The molecule has 0 aliphatic carbocycles. The zero-order valence-electron chi connectivity index (χ0n) is 13.5. The molecule has 1 unspecified atom stereocenters. The summed E-state index contributed by atoms with van der Waals surface area (Å²) in [5, 5.41) is 3.29. The Balaban J connectivity index is 2.00. The molecule has 1 heterocycles. The maximum atomic E-state index is 14.0. The molecule has 1 fully saturated rings. The van der Waals surface area contributed by atoms with E-state index in [4.69, 9.17) is 0 Å². The molecule has 0 saturated carbocycles. The van der Waals surface area contributed by atoms with E-state index in [1.165, 1.54) is 12.8 Å². The number of rotatable bonds is 6. The van der Waals surface area contributed by atoms with Gasteiger partial charge < -0.3 is 10.2 Å². The number of hydrogen-bond donors (Lipinski definition) is 1. The monoisotopic (exact) mass is 293 g/mol. The van der Waals surface area contributed by atoms with Crippen molar-refractivity contribution in [1.29, 1.82) is 0 Å². The smallest absolute Gasteiger partial charge is 0.127 e. The molecule has 2 rings (SSSR count).